The van der Waals surface area contributed by atoms with Crippen molar-refractivity contribution in [1.29, 1.82) is 0 Å². The van der Waals surface area contributed by atoms with E-state index in [1.54, 1.807) is 13.2 Å². The Morgan fingerprint density at radius 1 is 1.69 bits per heavy atom. The van der Waals surface area contributed by atoms with Gasteiger partial charge in [-0.15, -0.1) is 0 Å². The average molecular weight is 222 g/mol. The van der Waals surface area contributed by atoms with Crippen molar-refractivity contribution >= 4 is 33.9 Å². The van der Waals surface area contributed by atoms with Crippen LogP contribution in [0.1, 0.15) is 13.3 Å². The van der Waals surface area contributed by atoms with Gasteiger partial charge in [0, 0.05) is 28.9 Å². The lowest BCUT2D eigenvalue weighted by molar-refractivity contribution is -0.120. The van der Waals surface area contributed by atoms with Gasteiger partial charge in [0.1, 0.15) is 0 Å². The van der Waals surface area contributed by atoms with E-state index in [1.165, 1.54) is 0 Å². The maximum Gasteiger partial charge on any atom is 0.227 e. The molecule has 0 saturated carbocycles. The van der Waals surface area contributed by atoms with Crippen molar-refractivity contribution in [1.82, 2.24) is 5.32 Å². The van der Waals surface area contributed by atoms with E-state index in [0.29, 0.717) is 5.75 Å². The van der Waals surface area contributed by atoms with Crippen LogP contribution in [0.3, 0.4) is 0 Å². The number of amides is 1. The Hall–Kier alpha value is -0.490. The molecular formula is C7H14N2O2S2. The summed E-state index contributed by atoms with van der Waals surface area (Å²) in [5.74, 6) is 0.230. The van der Waals surface area contributed by atoms with Gasteiger partial charge in [-0.2, -0.15) is 0 Å². The SMILES string of the molecule is CC(CS(C)=O)NC(=O)CC(N)=S. The van der Waals surface area contributed by atoms with Crippen LogP contribution in [-0.4, -0.2) is 33.2 Å². The molecular weight excluding hydrogens is 208 g/mol. The maximum absolute atomic E-state index is 11.1. The lowest BCUT2D eigenvalue weighted by atomic mass is 10.3. The monoisotopic (exact) mass is 222 g/mol. The summed E-state index contributed by atoms with van der Waals surface area (Å²) in [7, 11) is -0.904. The summed E-state index contributed by atoms with van der Waals surface area (Å²) in [6.45, 7) is 1.79. The third-order valence-electron chi connectivity index (χ3n) is 1.23. The molecule has 0 bridgehead atoms. The fraction of sp³-hybridized carbons (Fsp3) is 0.714. The zero-order chi connectivity index (χ0) is 10.4. The van der Waals surface area contributed by atoms with Crippen LogP contribution in [0.5, 0.6) is 0 Å². The van der Waals surface area contributed by atoms with Crippen LogP contribution >= 0.6 is 12.2 Å². The molecule has 0 rings (SSSR count). The molecule has 76 valence electrons. The summed E-state index contributed by atoms with van der Waals surface area (Å²) in [6, 6.07) is -0.104. The maximum atomic E-state index is 11.1. The molecule has 2 atom stereocenters. The minimum atomic E-state index is -0.904. The molecule has 1 amide bonds. The van der Waals surface area contributed by atoms with Gasteiger partial charge in [0.05, 0.1) is 11.4 Å². The molecule has 0 spiro atoms. The average Bonchev–Trinajstić information content (AvgIpc) is 1.80. The van der Waals surface area contributed by atoms with E-state index in [2.05, 4.69) is 17.5 Å². The van der Waals surface area contributed by atoms with Gasteiger partial charge in [-0.3, -0.25) is 9.00 Å². The Morgan fingerprint density at radius 3 is 2.62 bits per heavy atom. The minimum Gasteiger partial charge on any atom is -0.393 e. The number of nitrogens with one attached hydrogen (secondary N) is 1. The predicted octanol–water partition coefficient (Wildman–Crippen LogP) is -0.454. The molecule has 0 heterocycles. The van der Waals surface area contributed by atoms with E-state index in [-0.39, 0.29) is 23.4 Å². The highest BCUT2D eigenvalue weighted by atomic mass is 32.2. The first-order valence-corrected chi connectivity index (χ1v) is 5.93. The fourth-order valence-electron chi connectivity index (χ4n) is 0.878. The summed E-state index contributed by atoms with van der Waals surface area (Å²) in [6.07, 6.45) is 1.65. The smallest absolute Gasteiger partial charge is 0.227 e. The molecule has 0 aromatic carbocycles. The van der Waals surface area contributed by atoms with E-state index >= 15 is 0 Å². The molecule has 0 saturated heterocycles. The quantitative estimate of drug-likeness (QED) is 0.618. The van der Waals surface area contributed by atoms with Gasteiger partial charge in [0.15, 0.2) is 0 Å². The summed E-state index contributed by atoms with van der Waals surface area (Å²) >= 11 is 4.57. The first kappa shape index (κ1) is 12.5. The zero-order valence-electron chi connectivity index (χ0n) is 7.70. The molecule has 0 fully saturated rings. The van der Waals surface area contributed by atoms with Crippen molar-refractivity contribution in [3.63, 3.8) is 0 Å². The molecule has 3 N–H and O–H groups in total. The van der Waals surface area contributed by atoms with Crippen molar-refractivity contribution in [2.45, 2.75) is 19.4 Å². The van der Waals surface area contributed by atoms with Crippen molar-refractivity contribution in [3.05, 3.63) is 0 Å². The number of carbonyl (C=O) groups excluding carboxylic acids is 1. The Morgan fingerprint density at radius 2 is 2.23 bits per heavy atom. The second-order valence-corrected chi connectivity index (χ2v) is 4.86. The Bertz CT molecular complexity index is 231. The van der Waals surface area contributed by atoms with Crippen LogP contribution in [0.4, 0.5) is 0 Å². The van der Waals surface area contributed by atoms with Gasteiger partial charge < -0.3 is 11.1 Å². The van der Waals surface area contributed by atoms with E-state index in [9.17, 15) is 9.00 Å². The summed E-state index contributed by atoms with van der Waals surface area (Å²) in [5, 5.41) is 2.64. The van der Waals surface area contributed by atoms with Gasteiger partial charge in [-0.25, -0.2) is 0 Å². The summed E-state index contributed by atoms with van der Waals surface area (Å²) in [5.41, 5.74) is 5.18. The topological polar surface area (TPSA) is 72.2 Å². The number of rotatable bonds is 5. The lowest BCUT2D eigenvalue weighted by Crippen LogP contribution is -2.37. The van der Waals surface area contributed by atoms with Crippen molar-refractivity contribution in [2.24, 2.45) is 5.73 Å². The third-order valence-corrected chi connectivity index (χ3v) is 2.34. The first-order chi connectivity index (χ1) is 5.91. The minimum absolute atomic E-state index is 0.0516. The zero-order valence-corrected chi connectivity index (χ0v) is 9.33. The second kappa shape index (κ2) is 6.04. The van der Waals surface area contributed by atoms with Gasteiger partial charge in [0.25, 0.3) is 0 Å². The summed E-state index contributed by atoms with van der Waals surface area (Å²) in [4.78, 5) is 11.2. The van der Waals surface area contributed by atoms with Crippen LogP contribution in [0.25, 0.3) is 0 Å². The molecule has 2 unspecified atom stereocenters. The van der Waals surface area contributed by atoms with Gasteiger partial charge in [-0.1, -0.05) is 12.2 Å². The highest BCUT2D eigenvalue weighted by Crippen LogP contribution is 1.88. The highest BCUT2D eigenvalue weighted by molar-refractivity contribution is 7.84. The lowest BCUT2D eigenvalue weighted by Gasteiger charge is -2.11. The van der Waals surface area contributed by atoms with E-state index in [4.69, 9.17) is 5.73 Å². The Labute approximate surface area is 85.7 Å². The van der Waals surface area contributed by atoms with Crippen molar-refractivity contribution in [3.8, 4) is 0 Å². The van der Waals surface area contributed by atoms with Crippen LogP contribution < -0.4 is 11.1 Å². The molecule has 0 radical (unpaired) electrons. The molecule has 0 aromatic rings. The van der Waals surface area contributed by atoms with Gasteiger partial charge in [0.2, 0.25) is 5.91 Å². The molecule has 13 heavy (non-hydrogen) atoms. The summed E-state index contributed by atoms with van der Waals surface area (Å²) < 4.78 is 10.8. The second-order valence-electron chi connectivity index (χ2n) is 2.85. The first-order valence-electron chi connectivity index (χ1n) is 3.79. The number of hydrogen-bond donors (Lipinski definition) is 2. The third kappa shape index (κ3) is 7.86. The number of thiocarbonyl (C=S) groups is 1. The largest absolute Gasteiger partial charge is 0.393 e. The van der Waals surface area contributed by atoms with E-state index in [1.807, 2.05) is 0 Å². The number of hydrogen-bond acceptors (Lipinski definition) is 3. The standard InChI is InChI=1S/C7H14N2O2S2/c1-5(4-13(2)11)9-7(10)3-6(8)12/h5H,3-4H2,1-2H3,(H2,8,12)(H,9,10). The van der Waals surface area contributed by atoms with Crippen molar-refractivity contribution < 1.29 is 9.00 Å². The Kier molecular flexibility index (Phi) is 5.81. The molecule has 0 aromatic heterocycles. The van der Waals surface area contributed by atoms with Gasteiger partial charge >= 0.3 is 0 Å². The van der Waals surface area contributed by atoms with Crippen LogP contribution in [0.2, 0.25) is 0 Å². The highest BCUT2D eigenvalue weighted by Gasteiger charge is 2.08. The molecule has 6 heteroatoms. The normalized spacial score (nSPS) is 14.6. The number of carbonyl (C=O) groups is 1. The molecule has 0 aliphatic rings. The predicted molar refractivity (Wildman–Crippen MR) is 57.9 cm³/mol. The van der Waals surface area contributed by atoms with E-state index < -0.39 is 10.8 Å². The molecule has 0 aliphatic carbocycles. The Balaban J connectivity index is 3.78. The molecule has 0 aliphatic heterocycles. The van der Waals surface area contributed by atoms with Crippen LogP contribution in [0.15, 0.2) is 0 Å². The van der Waals surface area contributed by atoms with Crippen molar-refractivity contribution in [2.75, 3.05) is 12.0 Å². The van der Waals surface area contributed by atoms with Crippen LogP contribution in [-0.2, 0) is 15.6 Å². The van der Waals surface area contributed by atoms with Crippen LogP contribution in [0, 0.1) is 0 Å². The van der Waals surface area contributed by atoms with Gasteiger partial charge in [-0.05, 0) is 6.92 Å². The fourth-order valence-corrected chi connectivity index (χ4v) is 1.80. The number of nitrogens with two attached hydrogens (primary N) is 1. The molecule has 4 nitrogen and oxygen atoms in total. The van der Waals surface area contributed by atoms with E-state index in [0.717, 1.165) is 0 Å².